The maximum atomic E-state index is 13.0. The predicted molar refractivity (Wildman–Crippen MR) is 80.5 cm³/mol. The van der Waals surface area contributed by atoms with Crippen LogP contribution in [0.4, 0.5) is 4.39 Å². The highest BCUT2D eigenvalue weighted by molar-refractivity contribution is 5.94. The molecule has 0 atom stereocenters. The molecule has 1 aromatic carbocycles. The molecule has 1 heterocycles. The van der Waals surface area contributed by atoms with Gasteiger partial charge in [-0.3, -0.25) is 4.79 Å². The van der Waals surface area contributed by atoms with Crippen molar-refractivity contribution in [2.75, 3.05) is 0 Å². The highest BCUT2D eigenvalue weighted by atomic mass is 19.1. The molecule has 110 valence electrons. The van der Waals surface area contributed by atoms with Crippen LogP contribution in [-0.4, -0.2) is 16.4 Å². The fourth-order valence-electron chi connectivity index (χ4n) is 2.09. The third-order valence-corrected chi connectivity index (χ3v) is 3.32. The zero-order valence-electron chi connectivity index (χ0n) is 12.3. The smallest absolute Gasteiger partial charge is 0.251 e. The summed E-state index contributed by atoms with van der Waals surface area (Å²) in [5.74, 6) is -0.931. The van der Waals surface area contributed by atoms with Gasteiger partial charge in [0, 0.05) is 23.4 Å². The fraction of sp³-hybridized carbons (Fsp3) is 0.294. The van der Waals surface area contributed by atoms with Crippen molar-refractivity contribution in [3.8, 4) is 0 Å². The van der Waals surface area contributed by atoms with Gasteiger partial charge in [0.1, 0.15) is 0 Å². The van der Waals surface area contributed by atoms with Crippen molar-refractivity contribution in [1.29, 1.82) is 0 Å². The summed E-state index contributed by atoms with van der Waals surface area (Å²) >= 11 is 0. The van der Waals surface area contributed by atoms with Crippen molar-refractivity contribution in [2.24, 2.45) is 0 Å². The number of nitrogens with zero attached hydrogens (tertiary/aromatic N) is 1. The lowest BCUT2D eigenvalue weighted by atomic mass is 9.95. The van der Waals surface area contributed by atoms with Gasteiger partial charge in [-0.2, -0.15) is 4.39 Å². The minimum absolute atomic E-state index is 0.283. The summed E-state index contributed by atoms with van der Waals surface area (Å²) in [6.45, 7) is 3.93. The monoisotopic (exact) mass is 286 g/mol. The van der Waals surface area contributed by atoms with Crippen molar-refractivity contribution in [2.45, 2.75) is 32.2 Å². The number of pyridine rings is 1. The molecule has 0 bridgehead atoms. The Morgan fingerprint density at radius 2 is 1.95 bits per heavy atom. The van der Waals surface area contributed by atoms with E-state index in [0.717, 1.165) is 18.9 Å². The Bertz CT molecular complexity index is 611. The quantitative estimate of drug-likeness (QED) is 0.856. The van der Waals surface area contributed by atoms with E-state index in [2.05, 4.69) is 22.4 Å². The van der Waals surface area contributed by atoms with Crippen LogP contribution in [0, 0.1) is 5.95 Å². The van der Waals surface area contributed by atoms with E-state index in [1.807, 2.05) is 32.0 Å². The molecule has 0 saturated heterocycles. The number of hydrogen-bond donors (Lipinski definition) is 1. The Hall–Kier alpha value is -2.23. The molecule has 0 unspecified atom stereocenters. The number of rotatable bonds is 5. The number of hydrogen-bond acceptors (Lipinski definition) is 2. The highest BCUT2D eigenvalue weighted by Gasteiger charge is 2.21. The summed E-state index contributed by atoms with van der Waals surface area (Å²) in [5, 5.41) is 2.94. The lowest BCUT2D eigenvalue weighted by Crippen LogP contribution is -2.43. The van der Waals surface area contributed by atoms with Crippen LogP contribution < -0.4 is 5.32 Å². The summed E-state index contributed by atoms with van der Waals surface area (Å²) in [4.78, 5) is 15.6. The van der Waals surface area contributed by atoms with Crippen LogP contribution in [0.25, 0.3) is 0 Å². The second-order valence-corrected chi connectivity index (χ2v) is 5.69. The molecule has 0 radical (unpaired) electrons. The first kappa shape index (κ1) is 15.2. The lowest BCUT2D eigenvalue weighted by molar-refractivity contribution is 0.0908. The van der Waals surface area contributed by atoms with Gasteiger partial charge in [-0.15, -0.1) is 0 Å². The Morgan fingerprint density at radius 3 is 2.62 bits per heavy atom. The van der Waals surface area contributed by atoms with Crippen molar-refractivity contribution in [3.63, 3.8) is 0 Å². The Kier molecular flexibility index (Phi) is 4.68. The maximum absolute atomic E-state index is 13.0. The number of halogens is 1. The van der Waals surface area contributed by atoms with E-state index < -0.39 is 5.95 Å². The lowest BCUT2D eigenvalue weighted by Gasteiger charge is -2.26. The van der Waals surface area contributed by atoms with E-state index >= 15 is 0 Å². The molecular weight excluding hydrogens is 267 g/mol. The second-order valence-electron chi connectivity index (χ2n) is 5.69. The predicted octanol–water partition coefficient (Wildman–Crippen LogP) is 3.36. The van der Waals surface area contributed by atoms with Crippen LogP contribution >= 0.6 is 0 Å². The van der Waals surface area contributed by atoms with Crippen LogP contribution in [0.2, 0.25) is 0 Å². The first-order valence-electron chi connectivity index (χ1n) is 6.94. The van der Waals surface area contributed by atoms with Gasteiger partial charge < -0.3 is 5.32 Å². The van der Waals surface area contributed by atoms with Crippen molar-refractivity contribution in [1.82, 2.24) is 10.3 Å². The molecule has 0 saturated carbocycles. The van der Waals surface area contributed by atoms with Gasteiger partial charge in [0.2, 0.25) is 5.95 Å². The summed E-state index contributed by atoms with van der Waals surface area (Å²) in [6, 6.07) is 12.8. The van der Waals surface area contributed by atoms with Gasteiger partial charge in [0.25, 0.3) is 5.91 Å². The first-order valence-corrected chi connectivity index (χ1v) is 6.94. The summed E-state index contributed by atoms with van der Waals surface area (Å²) in [6.07, 6.45) is 2.97. The molecule has 0 aliphatic carbocycles. The average molecular weight is 286 g/mol. The summed E-state index contributed by atoms with van der Waals surface area (Å²) in [5.41, 5.74) is 1.15. The van der Waals surface area contributed by atoms with Crippen LogP contribution in [0.15, 0.2) is 48.7 Å². The molecule has 3 nitrogen and oxygen atoms in total. The second kappa shape index (κ2) is 6.48. The van der Waals surface area contributed by atoms with Gasteiger partial charge in [-0.05, 0) is 38.3 Å². The Morgan fingerprint density at radius 1 is 1.24 bits per heavy atom. The Balaban J connectivity index is 1.95. The highest BCUT2D eigenvalue weighted by Crippen LogP contribution is 2.14. The van der Waals surface area contributed by atoms with Gasteiger partial charge in [0.15, 0.2) is 0 Å². The number of nitrogens with one attached hydrogen (secondary N) is 1. The molecule has 2 aromatic rings. The molecular formula is C17H19FN2O. The molecule has 1 amide bonds. The van der Waals surface area contributed by atoms with E-state index in [1.165, 1.54) is 17.8 Å². The molecule has 2 rings (SSSR count). The third-order valence-electron chi connectivity index (χ3n) is 3.32. The number of carbonyl (C=O) groups excluding carboxylic acids is 1. The third kappa shape index (κ3) is 4.67. The molecule has 0 fully saturated rings. The van der Waals surface area contributed by atoms with E-state index in [4.69, 9.17) is 0 Å². The molecule has 0 spiro atoms. The number of amides is 1. The van der Waals surface area contributed by atoms with E-state index in [-0.39, 0.29) is 17.0 Å². The molecule has 1 N–H and O–H groups in total. The summed E-state index contributed by atoms with van der Waals surface area (Å²) < 4.78 is 13.0. The first-order chi connectivity index (χ1) is 9.96. The molecule has 21 heavy (non-hydrogen) atoms. The van der Waals surface area contributed by atoms with Crippen molar-refractivity contribution < 1.29 is 9.18 Å². The minimum atomic E-state index is -0.648. The number of aromatic nitrogens is 1. The van der Waals surface area contributed by atoms with Gasteiger partial charge in [-0.25, -0.2) is 4.98 Å². The van der Waals surface area contributed by atoms with E-state index in [9.17, 15) is 9.18 Å². The molecule has 0 aliphatic rings. The van der Waals surface area contributed by atoms with Crippen LogP contribution in [0.3, 0.4) is 0 Å². The number of carbonyl (C=O) groups is 1. The number of aryl methyl sites for hydroxylation is 1. The molecule has 4 heteroatoms. The zero-order valence-corrected chi connectivity index (χ0v) is 12.3. The molecule has 1 aromatic heterocycles. The molecule has 0 aliphatic heterocycles. The fourth-order valence-corrected chi connectivity index (χ4v) is 2.09. The van der Waals surface area contributed by atoms with Gasteiger partial charge >= 0.3 is 0 Å². The topological polar surface area (TPSA) is 42.0 Å². The normalized spacial score (nSPS) is 11.2. The maximum Gasteiger partial charge on any atom is 0.251 e. The van der Waals surface area contributed by atoms with E-state index in [1.54, 1.807) is 0 Å². The van der Waals surface area contributed by atoms with Crippen LogP contribution in [0.1, 0.15) is 36.2 Å². The minimum Gasteiger partial charge on any atom is -0.347 e. The zero-order chi connectivity index (χ0) is 15.3. The average Bonchev–Trinajstić information content (AvgIpc) is 2.46. The van der Waals surface area contributed by atoms with E-state index in [0.29, 0.717) is 0 Å². The van der Waals surface area contributed by atoms with Gasteiger partial charge in [0.05, 0.1) is 0 Å². The van der Waals surface area contributed by atoms with Crippen LogP contribution in [0.5, 0.6) is 0 Å². The largest absolute Gasteiger partial charge is 0.347 e. The standard InChI is InChI=1S/C17H19FN2O/c1-17(2,10-8-13-6-4-3-5-7-13)20-16(21)14-9-11-19-15(18)12-14/h3-7,9,11-12H,8,10H2,1-2H3,(H,20,21). The Labute approximate surface area is 124 Å². The van der Waals surface area contributed by atoms with Crippen LogP contribution in [-0.2, 0) is 6.42 Å². The number of benzene rings is 1. The van der Waals surface area contributed by atoms with Crippen molar-refractivity contribution in [3.05, 3.63) is 65.7 Å². The van der Waals surface area contributed by atoms with Crippen molar-refractivity contribution >= 4 is 5.91 Å². The summed E-state index contributed by atoms with van der Waals surface area (Å²) in [7, 11) is 0. The SMILES string of the molecule is CC(C)(CCc1ccccc1)NC(=O)c1ccnc(F)c1. The van der Waals surface area contributed by atoms with Gasteiger partial charge in [-0.1, -0.05) is 30.3 Å².